The fourth-order valence-electron chi connectivity index (χ4n) is 2.67. The Morgan fingerprint density at radius 1 is 1.29 bits per heavy atom. The van der Waals surface area contributed by atoms with Crippen molar-refractivity contribution in [1.82, 2.24) is 0 Å². The first-order chi connectivity index (χ1) is 10.2. The molecular weight excluding hydrogens is 272 g/mol. The van der Waals surface area contributed by atoms with Crippen LogP contribution in [0.3, 0.4) is 0 Å². The third-order valence-corrected chi connectivity index (χ3v) is 3.84. The van der Waals surface area contributed by atoms with Crippen molar-refractivity contribution in [1.29, 1.82) is 0 Å². The third-order valence-electron chi connectivity index (χ3n) is 3.84. The average Bonchev–Trinajstić information content (AvgIpc) is 2.53. The van der Waals surface area contributed by atoms with E-state index in [1.807, 2.05) is 12.1 Å². The van der Waals surface area contributed by atoms with E-state index in [-0.39, 0.29) is 12.7 Å². The normalized spacial score (nSPS) is 24.9. The van der Waals surface area contributed by atoms with Crippen molar-refractivity contribution in [2.24, 2.45) is 0 Å². The third kappa shape index (κ3) is 3.24. The number of benzene rings is 1. The molecule has 0 bridgehead atoms. The van der Waals surface area contributed by atoms with Crippen LogP contribution in [0.4, 0.5) is 0 Å². The van der Waals surface area contributed by atoms with E-state index in [1.54, 1.807) is 12.1 Å². The van der Waals surface area contributed by atoms with Gasteiger partial charge in [0.2, 0.25) is 6.10 Å². The van der Waals surface area contributed by atoms with Gasteiger partial charge in [0, 0.05) is 13.0 Å². The van der Waals surface area contributed by atoms with Crippen LogP contribution in [-0.4, -0.2) is 37.4 Å². The summed E-state index contributed by atoms with van der Waals surface area (Å²) < 4.78 is 15.9. The second kappa shape index (κ2) is 6.26. The zero-order valence-electron chi connectivity index (χ0n) is 11.7. The number of carbonyl (C=O) groups excluding carboxylic acids is 2. The fourth-order valence-corrected chi connectivity index (χ4v) is 2.67. The maximum absolute atomic E-state index is 12.0. The number of rotatable bonds is 3. The summed E-state index contributed by atoms with van der Waals surface area (Å²) in [5.41, 5.74) is 1.35. The average molecular weight is 290 g/mol. The lowest BCUT2D eigenvalue weighted by Gasteiger charge is -2.25. The molecule has 1 aromatic carbocycles. The molecule has 2 atom stereocenters. The minimum Gasteiger partial charge on any atom is -0.460 e. The number of ether oxygens (including phenoxy) is 3. The highest BCUT2D eigenvalue weighted by atomic mass is 16.6. The molecule has 0 N–H and O–H groups in total. The Balaban J connectivity index is 1.57. The summed E-state index contributed by atoms with van der Waals surface area (Å²) in [6.07, 6.45) is 2.53. The predicted octanol–water partition coefficient (Wildman–Crippen LogP) is 1.88. The monoisotopic (exact) mass is 290 g/mol. The molecule has 2 aliphatic heterocycles. The van der Waals surface area contributed by atoms with Gasteiger partial charge >= 0.3 is 11.9 Å². The van der Waals surface area contributed by atoms with Crippen LogP contribution in [0.1, 0.15) is 35.2 Å². The maximum Gasteiger partial charge on any atom is 0.347 e. The van der Waals surface area contributed by atoms with Crippen LogP contribution >= 0.6 is 0 Å². The number of esters is 2. The second-order valence-electron chi connectivity index (χ2n) is 5.37. The van der Waals surface area contributed by atoms with Crippen molar-refractivity contribution in [3.05, 3.63) is 35.4 Å². The Kier molecular flexibility index (Phi) is 4.20. The summed E-state index contributed by atoms with van der Waals surface area (Å²) in [5, 5.41) is 0. The van der Waals surface area contributed by atoms with Gasteiger partial charge in [-0.1, -0.05) is 18.2 Å². The van der Waals surface area contributed by atoms with E-state index in [2.05, 4.69) is 0 Å². The van der Waals surface area contributed by atoms with Gasteiger partial charge in [-0.3, -0.25) is 0 Å². The van der Waals surface area contributed by atoms with E-state index in [9.17, 15) is 9.59 Å². The maximum atomic E-state index is 12.0. The topological polar surface area (TPSA) is 61.8 Å². The molecule has 0 aromatic heterocycles. The molecule has 21 heavy (non-hydrogen) atoms. The molecule has 3 rings (SSSR count). The summed E-state index contributed by atoms with van der Waals surface area (Å²) >= 11 is 0. The van der Waals surface area contributed by atoms with E-state index in [0.29, 0.717) is 18.6 Å². The van der Waals surface area contributed by atoms with Gasteiger partial charge in [-0.15, -0.1) is 0 Å². The summed E-state index contributed by atoms with van der Waals surface area (Å²) in [4.78, 5) is 23.9. The zero-order chi connectivity index (χ0) is 14.7. The second-order valence-corrected chi connectivity index (χ2v) is 5.37. The van der Waals surface area contributed by atoms with Crippen molar-refractivity contribution >= 4 is 11.9 Å². The first-order valence-corrected chi connectivity index (χ1v) is 7.31. The summed E-state index contributed by atoms with van der Waals surface area (Å²) in [5.74, 6) is -0.959. The molecule has 0 aliphatic carbocycles. The molecular formula is C16H18O5. The van der Waals surface area contributed by atoms with E-state index in [4.69, 9.17) is 14.2 Å². The molecule has 0 saturated carbocycles. The number of fused-ring (bicyclic) bond motifs is 1. The van der Waals surface area contributed by atoms with Crippen molar-refractivity contribution < 1.29 is 23.8 Å². The molecule has 1 aromatic rings. The molecule has 0 spiro atoms. The molecule has 5 nitrogen and oxygen atoms in total. The van der Waals surface area contributed by atoms with Crippen LogP contribution in [0.2, 0.25) is 0 Å². The number of cyclic esters (lactones) is 1. The standard InChI is InChI=1S/C16H18O5/c17-15-13-7-2-1-5-11(13)9-14(21-15)16(18)20-10-12-6-3-4-8-19-12/h1-2,5,7,12,14H,3-4,6,8-10H2. The molecule has 5 heteroatoms. The van der Waals surface area contributed by atoms with E-state index >= 15 is 0 Å². The van der Waals surface area contributed by atoms with Crippen LogP contribution in [0.15, 0.2) is 24.3 Å². The van der Waals surface area contributed by atoms with E-state index in [1.165, 1.54) is 0 Å². The highest BCUT2D eigenvalue weighted by Gasteiger charge is 2.32. The lowest BCUT2D eigenvalue weighted by atomic mass is 9.99. The minimum absolute atomic E-state index is 0.0331. The van der Waals surface area contributed by atoms with E-state index < -0.39 is 18.0 Å². The summed E-state index contributed by atoms with van der Waals surface area (Å²) in [6, 6.07) is 7.16. The highest BCUT2D eigenvalue weighted by Crippen LogP contribution is 2.21. The van der Waals surface area contributed by atoms with Gasteiger partial charge < -0.3 is 14.2 Å². The van der Waals surface area contributed by atoms with Crippen LogP contribution in [0, 0.1) is 0 Å². The molecule has 2 heterocycles. The smallest absolute Gasteiger partial charge is 0.347 e. The largest absolute Gasteiger partial charge is 0.460 e. The fraction of sp³-hybridized carbons (Fsp3) is 0.500. The SMILES string of the molecule is O=C1OC(C(=O)OCC2CCCCO2)Cc2ccccc21. The Bertz CT molecular complexity index is 533. The molecule has 1 saturated heterocycles. The zero-order valence-corrected chi connectivity index (χ0v) is 11.7. The lowest BCUT2D eigenvalue weighted by Crippen LogP contribution is -2.37. The molecule has 112 valence electrons. The van der Waals surface area contributed by atoms with Crippen LogP contribution in [0.5, 0.6) is 0 Å². The number of hydrogen-bond donors (Lipinski definition) is 0. The highest BCUT2D eigenvalue weighted by molar-refractivity contribution is 5.94. The van der Waals surface area contributed by atoms with Crippen LogP contribution < -0.4 is 0 Å². The van der Waals surface area contributed by atoms with Gasteiger partial charge in [-0.25, -0.2) is 9.59 Å². The van der Waals surface area contributed by atoms with Gasteiger partial charge in [0.1, 0.15) is 6.61 Å². The lowest BCUT2D eigenvalue weighted by molar-refractivity contribution is -0.159. The van der Waals surface area contributed by atoms with Gasteiger partial charge in [-0.05, 0) is 30.9 Å². The van der Waals surface area contributed by atoms with Crippen molar-refractivity contribution in [2.75, 3.05) is 13.2 Å². The van der Waals surface area contributed by atoms with Gasteiger partial charge in [0.05, 0.1) is 11.7 Å². The molecule has 1 fully saturated rings. The van der Waals surface area contributed by atoms with Crippen molar-refractivity contribution in [2.45, 2.75) is 37.9 Å². The van der Waals surface area contributed by atoms with Gasteiger partial charge in [-0.2, -0.15) is 0 Å². The summed E-state index contributed by atoms with van der Waals surface area (Å²) in [7, 11) is 0. The van der Waals surface area contributed by atoms with Crippen LogP contribution in [-0.2, 0) is 25.4 Å². The quantitative estimate of drug-likeness (QED) is 0.795. The first-order valence-electron chi connectivity index (χ1n) is 7.31. The van der Waals surface area contributed by atoms with Gasteiger partial charge in [0.25, 0.3) is 0 Å². The van der Waals surface area contributed by atoms with Crippen molar-refractivity contribution in [3.63, 3.8) is 0 Å². The minimum atomic E-state index is -0.851. The molecule has 0 radical (unpaired) electrons. The Hall–Kier alpha value is -1.88. The van der Waals surface area contributed by atoms with E-state index in [0.717, 1.165) is 24.8 Å². The molecule has 2 unspecified atom stereocenters. The number of hydrogen-bond acceptors (Lipinski definition) is 5. The Morgan fingerprint density at radius 3 is 2.95 bits per heavy atom. The molecule has 0 amide bonds. The first kappa shape index (κ1) is 14.1. The Labute approximate surface area is 123 Å². The molecule has 2 aliphatic rings. The van der Waals surface area contributed by atoms with Crippen LogP contribution in [0.25, 0.3) is 0 Å². The Morgan fingerprint density at radius 2 is 2.14 bits per heavy atom. The van der Waals surface area contributed by atoms with Gasteiger partial charge in [0.15, 0.2) is 0 Å². The predicted molar refractivity (Wildman–Crippen MR) is 73.9 cm³/mol. The summed E-state index contributed by atoms with van der Waals surface area (Å²) in [6.45, 7) is 0.947. The van der Waals surface area contributed by atoms with Crippen molar-refractivity contribution in [3.8, 4) is 0 Å². The number of carbonyl (C=O) groups is 2.